The minimum Gasteiger partial charge on any atom is -0.496 e. The molecule has 1 saturated heterocycles. The molecule has 4 aromatic carbocycles. The third-order valence-electron chi connectivity index (χ3n) is 8.03. The van der Waals surface area contributed by atoms with Gasteiger partial charge in [-0.15, -0.1) is 0 Å². The number of rotatable bonds is 7. The Morgan fingerprint density at radius 1 is 0.707 bits per heavy atom. The van der Waals surface area contributed by atoms with Crippen LogP contribution < -0.4 is 9.47 Å². The van der Waals surface area contributed by atoms with Crippen molar-refractivity contribution < 1.29 is 19.1 Å². The van der Waals surface area contributed by atoms with E-state index in [9.17, 15) is 9.59 Å². The van der Waals surface area contributed by atoms with E-state index in [2.05, 4.69) is 46.2 Å². The molecule has 41 heavy (non-hydrogen) atoms. The number of carbonyl (C=O) groups is 2. The zero-order chi connectivity index (χ0) is 28.5. The molecule has 2 aliphatic rings. The summed E-state index contributed by atoms with van der Waals surface area (Å²) in [4.78, 5) is 32.0. The zero-order valence-electron chi connectivity index (χ0n) is 23.1. The summed E-state index contributed by atoms with van der Waals surface area (Å²) in [6.45, 7) is 4.11. The van der Waals surface area contributed by atoms with E-state index in [4.69, 9.17) is 21.1 Å². The molecule has 6 rings (SSSR count). The normalized spacial score (nSPS) is 16.2. The molecule has 6 nitrogen and oxygen atoms in total. The van der Waals surface area contributed by atoms with Gasteiger partial charge in [-0.25, -0.2) is 0 Å². The molecular weight excluding hydrogens is 536 g/mol. The van der Waals surface area contributed by atoms with Gasteiger partial charge in [-0.1, -0.05) is 66.2 Å². The lowest BCUT2D eigenvalue weighted by atomic mass is 9.82. The van der Waals surface area contributed by atoms with Crippen molar-refractivity contribution in [1.82, 2.24) is 9.80 Å². The van der Waals surface area contributed by atoms with E-state index < -0.39 is 0 Å². The first-order valence-corrected chi connectivity index (χ1v) is 14.1. The first kappa shape index (κ1) is 27.2. The Hall–Kier alpha value is -3.97. The number of halogens is 1. The van der Waals surface area contributed by atoms with Gasteiger partial charge >= 0.3 is 0 Å². The number of hydrogen-bond donors (Lipinski definition) is 0. The molecule has 1 fully saturated rings. The summed E-state index contributed by atoms with van der Waals surface area (Å²) < 4.78 is 11.1. The number of ether oxygens (including phenoxy) is 2. The van der Waals surface area contributed by atoms with Gasteiger partial charge in [0, 0.05) is 48.9 Å². The number of ketones is 2. The Bertz CT molecular complexity index is 1610. The second-order valence-electron chi connectivity index (χ2n) is 10.4. The summed E-state index contributed by atoms with van der Waals surface area (Å²) in [7, 11) is 3.03. The lowest BCUT2D eigenvalue weighted by Gasteiger charge is -2.40. The molecule has 0 amide bonds. The van der Waals surface area contributed by atoms with Gasteiger partial charge in [-0.3, -0.25) is 19.4 Å². The van der Waals surface area contributed by atoms with Gasteiger partial charge in [0.05, 0.1) is 31.4 Å². The maximum Gasteiger partial charge on any atom is 0.201 e. The number of piperazine rings is 1. The summed E-state index contributed by atoms with van der Waals surface area (Å²) >= 11 is 6.38. The number of nitrogens with zero attached hydrogens (tertiary/aromatic N) is 2. The predicted molar refractivity (Wildman–Crippen MR) is 159 cm³/mol. The second kappa shape index (κ2) is 11.5. The van der Waals surface area contributed by atoms with Crippen molar-refractivity contribution in [3.8, 4) is 11.5 Å². The molecule has 0 saturated carbocycles. The van der Waals surface area contributed by atoms with Crippen LogP contribution in [0.3, 0.4) is 0 Å². The summed E-state index contributed by atoms with van der Waals surface area (Å²) in [5.74, 6) is 0.362. The van der Waals surface area contributed by atoms with E-state index in [0.717, 1.165) is 36.8 Å². The van der Waals surface area contributed by atoms with Gasteiger partial charge in [0.2, 0.25) is 5.78 Å². The zero-order valence-corrected chi connectivity index (χ0v) is 23.9. The highest BCUT2D eigenvalue weighted by Gasteiger charge is 2.35. The summed E-state index contributed by atoms with van der Waals surface area (Å²) in [5, 5.41) is 0.734. The minimum absolute atomic E-state index is 0.113. The van der Waals surface area contributed by atoms with Gasteiger partial charge in [0.15, 0.2) is 5.78 Å². The van der Waals surface area contributed by atoms with E-state index in [1.807, 2.05) is 30.3 Å². The molecular formula is C34H31ClN2O4. The molecule has 0 spiro atoms. The van der Waals surface area contributed by atoms with E-state index in [0.29, 0.717) is 40.3 Å². The van der Waals surface area contributed by atoms with Crippen molar-refractivity contribution in [1.29, 1.82) is 0 Å². The van der Waals surface area contributed by atoms with Crippen LogP contribution in [0, 0.1) is 0 Å². The van der Waals surface area contributed by atoms with Crippen molar-refractivity contribution in [3.05, 3.63) is 129 Å². The quantitative estimate of drug-likeness (QED) is 0.239. The molecule has 1 heterocycles. The van der Waals surface area contributed by atoms with Crippen molar-refractivity contribution in [3.63, 3.8) is 0 Å². The minimum atomic E-state index is -0.253. The molecule has 0 radical (unpaired) electrons. The van der Waals surface area contributed by atoms with Crippen LogP contribution in [0.15, 0.2) is 84.9 Å². The third-order valence-corrected chi connectivity index (χ3v) is 8.26. The highest BCUT2D eigenvalue weighted by atomic mass is 35.5. The third kappa shape index (κ3) is 5.15. The molecule has 208 valence electrons. The molecule has 0 N–H and O–H groups in total. The Kier molecular flexibility index (Phi) is 7.63. The standard InChI is InChI=1S/C34H31ClN2O4/c1-40-28-13-7-12-26-30(28)34(39)31-27(33(26)38)18-22(19-29(31)41-2)21-36-14-16-37(17-15-36)32(23-8-4-3-5-9-23)24-10-6-11-25(35)20-24/h3-13,18-20,32H,14-17,21H2,1-2H3. The molecule has 0 bridgehead atoms. The average molecular weight is 567 g/mol. The maximum atomic E-state index is 13.6. The Morgan fingerprint density at radius 3 is 2.10 bits per heavy atom. The van der Waals surface area contributed by atoms with E-state index >= 15 is 0 Å². The smallest absolute Gasteiger partial charge is 0.201 e. The number of carbonyl (C=O) groups excluding carboxylic acids is 2. The topological polar surface area (TPSA) is 59.1 Å². The highest BCUT2D eigenvalue weighted by molar-refractivity contribution is 6.31. The second-order valence-corrected chi connectivity index (χ2v) is 10.9. The lowest BCUT2D eigenvalue weighted by Crippen LogP contribution is -2.47. The Labute approximate surface area is 245 Å². The van der Waals surface area contributed by atoms with Gasteiger partial charge in [-0.2, -0.15) is 0 Å². The molecule has 1 aliphatic carbocycles. The summed E-state index contributed by atoms with van der Waals surface area (Å²) in [5.41, 5.74) is 4.70. The van der Waals surface area contributed by atoms with Crippen LogP contribution in [0.4, 0.5) is 0 Å². The molecule has 1 unspecified atom stereocenters. The Morgan fingerprint density at radius 2 is 1.39 bits per heavy atom. The highest BCUT2D eigenvalue weighted by Crippen LogP contribution is 2.38. The number of fused-ring (bicyclic) bond motifs is 2. The van der Waals surface area contributed by atoms with Gasteiger partial charge in [-0.05, 0) is 47.0 Å². The molecule has 7 heteroatoms. The molecule has 1 atom stereocenters. The molecule has 1 aliphatic heterocycles. The van der Waals surface area contributed by atoms with E-state index in [1.165, 1.54) is 25.3 Å². The van der Waals surface area contributed by atoms with Crippen LogP contribution in [-0.4, -0.2) is 61.8 Å². The average Bonchev–Trinajstić information content (AvgIpc) is 3.00. The first-order chi connectivity index (χ1) is 20.0. The largest absolute Gasteiger partial charge is 0.496 e. The summed E-state index contributed by atoms with van der Waals surface area (Å²) in [6.07, 6.45) is 0. The van der Waals surface area contributed by atoms with Crippen LogP contribution >= 0.6 is 11.6 Å². The number of methoxy groups -OCH3 is 2. The van der Waals surface area contributed by atoms with Crippen LogP contribution in [0.2, 0.25) is 5.02 Å². The van der Waals surface area contributed by atoms with Gasteiger partial charge < -0.3 is 9.47 Å². The van der Waals surface area contributed by atoms with Gasteiger partial charge in [0.1, 0.15) is 11.5 Å². The van der Waals surface area contributed by atoms with Crippen molar-refractivity contribution in [2.45, 2.75) is 12.6 Å². The van der Waals surface area contributed by atoms with Crippen molar-refractivity contribution in [2.24, 2.45) is 0 Å². The fourth-order valence-corrected chi connectivity index (χ4v) is 6.30. The Balaban J connectivity index is 1.23. The van der Waals surface area contributed by atoms with Crippen LogP contribution in [0.5, 0.6) is 11.5 Å². The fourth-order valence-electron chi connectivity index (χ4n) is 6.10. The van der Waals surface area contributed by atoms with Gasteiger partial charge in [0.25, 0.3) is 0 Å². The van der Waals surface area contributed by atoms with E-state index in [1.54, 1.807) is 18.2 Å². The van der Waals surface area contributed by atoms with Crippen molar-refractivity contribution >= 4 is 23.2 Å². The van der Waals surface area contributed by atoms with Crippen molar-refractivity contribution in [2.75, 3.05) is 40.4 Å². The first-order valence-electron chi connectivity index (χ1n) is 13.7. The van der Waals surface area contributed by atoms with Crippen LogP contribution in [0.25, 0.3) is 0 Å². The lowest BCUT2D eigenvalue weighted by molar-refractivity contribution is 0.0972. The summed E-state index contributed by atoms with van der Waals surface area (Å²) in [6, 6.07) is 27.6. The monoisotopic (exact) mass is 566 g/mol. The number of benzene rings is 4. The predicted octanol–water partition coefficient (Wildman–Crippen LogP) is 6.04. The number of hydrogen-bond acceptors (Lipinski definition) is 6. The molecule has 0 aromatic heterocycles. The van der Waals surface area contributed by atoms with Crippen LogP contribution in [0.1, 0.15) is 54.6 Å². The fraction of sp³-hybridized carbons (Fsp3) is 0.235. The molecule has 4 aromatic rings. The van der Waals surface area contributed by atoms with Crippen LogP contribution in [-0.2, 0) is 6.54 Å². The maximum absolute atomic E-state index is 13.6. The van der Waals surface area contributed by atoms with E-state index in [-0.39, 0.29) is 17.6 Å². The SMILES string of the molecule is COc1cccc2c1C(=O)c1c(OC)cc(CN3CCN(C(c4ccccc4)c4cccc(Cl)c4)CC3)cc1C2=O.